The van der Waals surface area contributed by atoms with Crippen molar-refractivity contribution in [1.29, 1.82) is 0 Å². The molecule has 8 aromatic carbocycles. The quantitative estimate of drug-likeness (QED) is 0.154. The average molecular weight is 714 g/mol. The van der Waals surface area contributed by atoms with Gasteiger partial charge in [-0.15, -0.1) is 0 Å². The highest BCUT2D eigenvalue weighted by Crippen LogP contribution is 2.40. The summed E-state index contributed by atoms with van der Waals surface area (Å²) in [6.07, 6.45) is 0. The summed E-state index contributed by atoms with van der Waals surface area (Å²) in [5.41, 5.74) is 14.8. The number of pyridine rings is 1. The molecule has 10 rings (SSSR count). The minimum atomic E-state index is 0.696. The Morgan fingerprint density at radius 3 is 1.36 bits per heavy atom. The molecule has 262 valence electrons. The minimum absolute atomic E-state index is 0.696. The summed E-state index contributed by atoms with van der Waals surface area (Å²) < 4.78 is 0. The molecule has 2 aromatic heterocycles. The molecule has 0 atom stereocenters. The number of benzene rings is 8. The Labute approximate surface area is 326 Å². The molecule has 3 nitrogen and oxygen atoms in total. The first-order valence-electron chi connectivity index (χ1n) is 18.9. The molecule has 3 heteroatoms. The van der Waals surface area contributed by atoms with Crippen molar-refractivity contribution < 1.29 is 0 Å². The second kappa shape index (κ2) is 14.4. The molecule has 0 aliphatic heterocycles. The summed E-state index contributed by atoms with van der Waals surface area (Å²) in [4.78, 5) is 15.5. The van der Waals surface area contributed by atoms with E-state index in [1.54, 1.807) is 0 Å². The predicted octanol–water partition coefficient (Wildman–Crippen LogP) is 13.8. The van der Waals surface area contributed by atoms with E-state index in [1.807, 2.05) is 24.3 Å². The van der Waals surface area contributed by atoms with Gasteiger partial charge in [0.05, 0.1) is 22.6 Å². The zero-order valence-electron chi connectivity index (χ0n) is 30.5. The number of rotatable bonds is 7. The molecule has 0 fully saturated rings. The van der Waals surface area contributed by atoms with Crippen molar-refractivity contribution in [2.45, 2.75) is 0 Å². The SMILES string of the molecule is c1ccc(-c2ccc(-c3nc(-c4ccccc4)cc(-c4ccc(-c5ccc6c(c5)nc(-c5ccccc5)c5cccc(-c7ccccc7)c56)cc4)n3)cc2)cc1. The highest BCUT2D eigenvalue weighted by Gasteiger charge is 2.16. The molecule has 0 amide bonds. The fraction of sp³-hybridized carbons (Fsp3) is 0. The normalized spacial score (nSPS) is 11.2. The van der Waals surface area contributed by atoms with Crippen molar-refractivity contribution in [1.82, 2.24) is 15.0 Å². The molecule has 0 aliphatic rings. The average Bonchev–Trinajstić information content (AvgIpc) is 3.29. The summed E-state index contributed by atoms with van der Waals surface area (Å²) in [5, 5.41) is 3.50. The molecule has 2 heterocycles. The second-order valence-electron chi connectivity index (χ2n) is 14.0. The summed E-state index contributed by atoms with van der Waals surface area (Å²) in [5.74, 6) is 0.696. The summed E-state index contributed by atoms with van der Waals surface area (Å²) in [6.45, 7) is 0. The Bertz CT molecular complexity index is 2960. The van der Waals surface area contributed by atoms with Gasteiger partial charge in [0.1, 0.15) is 0 Å². The van der Waals surface area contributed by atoms with Gasteiger partial charge in [0.2, 0.25) is 0 Å². The van der Waals surface area contributed by atoms with Crippen LogP contribution in [-0.2, 0) is 0 Å². The van der Waals surface area contributed by atoms with Crippen LogP contribution in [0.25, 0.3) is 100 Å². The zero-order chi connectivity index (χ0) is 37.3. The summed E-state index contributed by atoms with van der Waals surface area (Å²) in [7, 11) is 0. The standard InChI is InChI=1S/C53H35N3/c1-5-14-36(15-6-1)37-26-30-43(31-27-37)53-55-48(40-18-9-3-10-19-40)35-49(56-53)41-28-24-38(25-29-41)44-32-33-46-50(34-44)54-52(42-20-11-4-12-21-42)47-23-13-22-45(51(46)47)39-16-7-2-8-17-39/h1-35H. The fourth-order valence-corrected chi connectivity index (χ4v) is 7.67. The van der Waals surface area contributed by atoms with E-state index in [0.29, 0.717) is 5.82 Å². The lowest BCUT2D eigenvalue weighted by molar-refractivity contribution is 1.18. The van der Waals surface area contributed by atoms with Gasteiger partial charge in [-0.2, -0.15) is 0 Å². The van der Waals surface area contributed by atoms with Crippen molar-refractivity contribution in [3.8, 4) is 78.5 Å². The maximum Gasteiger partial charge on any atom is 0.160 e. The Kier molecular flexibility index (Phi) is 8.51. The number of hydrogen-bond acceptors (Lipinski definition) is 3. The van der Waals surface area contributed by atoms with Crippen molar-refractivity contribution >= 4 is 21.7 Å². The maximum absolute atomic E-state index is 5.34. The molecule has 0 radical (unpaired) electrons. The van der Waals surface area contributed by atoms with Crippen LogP contribution in [0.2, 0.25) is 0 Å². The van der Waals surface area contributed by atoms with E-state index in [9.17, 15) is 0 Å². The van der Waals surface area contributed by atoms with Gasteiger partial charge in [0.25, 0.3) is 0 Å². The van der Waals surface area contributed by atoms with Crippen molar-refractivity contribution in [2.75, 3.05) is 0 Å². The smallest absolute Gasteiger partial charge is 0.160 e. The van der Waals surface area contributed by atoms with Crippen LogP contribution in [-0.4, -0.2) is 15.0 Å². The van der Waals surface area contributed by atoms with Crippen molar-refractivity contribution in [3.63, 3.8) is 0 Å². The van der Waals surface area contributed by atoms with Gasteiger partial charge in [0.15, 0.2) is 5.82 Å². The van der Waals surface area contributed by atoms with Crippen molar-refractivity contribution in [3.05, 3.63) is 212 Å². The lowest BCUT2D eigenvalue weighted by Gasteiger charge is -2.15. The topological polar surface area (TPSA) is 38.7 Å². The molecular formula is C53H35N3. The third-order valence-corrected chi connectivity index (χ3v) is 10.5. The first-order valence-corrected chi connectivity index (χ1v) is 18.9. The molecule has 10 aromatic rings. The van der Waals surface area contributed by atoms with Gasteiger partial charge in [-0.25, -0.2) is 15.0 Å². The lowest BCUT2D eigenvalue weighted by Crippen LogP contribution is -1.96. The molecule has 0 N–H and O–H groups in total. The zero-order valence-corrected chi connectivity index (χ0v) is 30.5. The van der Waals surface area contributed by atoms with Gasteiger partial charge < -0.3 is 0 Å². The largest absolute Gasteiger partial charge is 0.247 e. The molecule has 0 saturated heterocycles. The van der Waals surface area contributed by atoms with Gasteiger partial charge in [-0.3, -0.25) is 0 Å². The molecule has 0 saturated carbocycles. The van der Waals surface area contributed by atoms with E-state index in [4.69, 9.17) is 15.0 Å². The van der Waals surface area contributed by atoms with Crippen LogP contribution in [0.1, 0.15) is 0 Å². The van der Waals surface area contributed by atoms with E-state index < -0.39 is 0 Å². The maximum atomic E-state index is 5.34. The first-order chi connectivity index (χ1) is 27.7. The van der Waals surface area contributed by atoms with E-state index in [0.717, 1.165) is 72.3 Å². The first kappa shape index (κ1) is 33.1. The Morgan fingerprint density at radius 1 is 0.268 bits per heavy atom. The number of aromatic nitrogens is 3. The highest BCUT2D eigenvalue weighted by molar-refractivity contribution is 6.17. The number of fused-ring (bicyclic) bond motifs is 3. The van der Waals surface area contributed by atoms with Crippen molar-refractivity contribution in [2.24, 2.45) is 0 Å². The molecule has 56 heavy (non-hydrogen) atoms. The van der Waals surface area contributed by atoms with Gasteiger partial charge >= 0.3 is 0 Å². The van der Waals surface area contributed by atoms with Crippen LogP contribution < -0.4 is 0 Å². The summed E-state index contributed by atoms with van der Waals surface area (Å²) in [6, 6.07) is 74.4. The lowest BCUT2D eigenvalue weighted by atomic mass is 9.92. The monoisotopic (exact) mass is 713 g/mol. The highest BCUT2D eigenvalue weighted by atomic mass is 14.9. The third-order valence-electron chi connectivity index (χ3n) is 10.5. The van der Waals surface area contributed by atoms with Gasteiger partial charge in [-0.05, 0) is 45.5 Å². The van der Waals surface area contributed by atoms with E-state index in [2.05, 4.69) is 188 Å². The number of nitrogens with zero attached hydrogens (tertiary/aromatic N) is 3. The van der Waals surface area contributed by atoms with E-state index in [1.165, 1.54) is 22.1 Å². The second-order valence-corrected chi connectivity index (χ2v) is 14.0. The van der Waals surface area contributed by atoms with Gasteiger partial charge in [-0.1, -0.05) is 200 Å². The van der Waals surface area contributed by atoms with Crippen LogP contribution in [0.15, 0.2) is 212 Å². The molecule has 0 spiro atoms. The molecule has 0 unspecified atom stereocenters. The summed E-state index contributed by atoms with van der Waals surface area (Å²) >= 11 is 0. The molecular weight excluding hydrogens is 679 g/mol. The number of hydrogen-bond donors (Lipinski definition) is 0. The van der Waals surface area contributed by atoms with Crippen LogP contribution >= 0.6 is 0 Å². The fourth-order valence-electron chi connectivity index (χ4n) is 7.67. The minimum Gasteiger partial charge on any atom is -0.247 e. The van der Waals surface area contributed by atoms with Crippen LogP contribution in [0.4, 0.5) is 0 Å². The van der Waals surface area contributed by atoms with E-state index in [-0.39, 0.29) is 0 Å². The van der Waals surface area contributed by atoms with Crippen LogP contribution in [0.5, 0.6) is 0 Å². The van der Waals surface area contributed by atoms with E-state index >= 15 is 0 Å². The van der Waals surface area contributed by atoms with Crippen LogP contribution in [0, 0.1) is 0 Å². The Morgan fingerprint density at radius 2 is 0.732 bits per heavy atom. The third kappa shape index (κ3) is 6.31. The molecule has 0 aliphatic carbocycles. The van der Waals surface area contributed by atoms with Gasteiger partial charge in [0, 0.05) is 38.4 Å². The molecule has 0 bridgehead atoms. The Balaban J connectivity index is 1.05. The predicted molar refractivity (Wildman–Crippen MR) is 233 cm³/mol. The Hall–Kier alpha value is -7.49. The van der Waals surface area contributed by atoms with Crippen LogP contribution in [0.3, 0.4) is 0 Å².